The second-order valence-electron chi connectivity index (χ2n) is 7.75. The molecule has 4 rings (SSSR count). The van der Waals surface area contributed by atoms with Crippen LogP contribution in [-0.4, -0.2) is 30.3 Å². The number of hydrogen-bond acceptors (Lipinski definition) is 5. The number of esters is 1. The van der Waals surface area contributed by atoms with E-state index in [1.54, 1.807) is 13.0 Å². The van der Waals surface area contributed by atoms with Crippen LogP contribution in [0.15, 0.2) is 54.6 Å². The Bertz CT molecular complexity index is 1370. The summed E-state index contributed by atoms with van der Waals surface area (Å²) >= 11 is 0. The Kier molecular flexibility index (Phi) is 5.93. The van der Waals surface area contributed by atoms with Crippen molar-refractivity contribution in [1.29, 1.82) is 0 Å². The van der Waals surface area contributed by atoms with Gasteiger partial charge in [0, 0.05) is 11.8 Å². The van der Waals surface area contributed by atoms with Crippen molar-refractivity contribution in [2.45, 2.75) is 13.8 Å². The van der Waals surface area contributed by atoms with Crippen LogP contribution in [0.2, 0.25) is 0 Å². The van der Waals surface area contributed by atoms with Crippen molar-refractivity contribution in [3.63, 3.8) is 0 Å². The zero-order valence-electron chi connectivity index (χ0n) is 18.1. The van der Waals surface area contributed by atoms with E-state index in [4.69, 9.17) is 4.74 Å². The lowest BCUT2D eigenvalue weighted by atomic mass is 10.1. The number of fused-ring (bicyclic) bond motifs is 1. The van der Waals surface area contributed by atoms with Gasteiger partial charge in [-0.15, -0.1) is 0 Å². The summed E-state index contributed by atoms with van der Waals surface area (Å²) in [6, 6.07) is 12.1. The molecule has 3 amide bonds. The largest absolute Gasteiger partial charge is 0.452 e. The van der Waals surface area contributed by atoms with Crippen LogP contribution in [0.1, 0.15) is 42.2 Å². The summed E-state index contributed by atoms with van der Waals surface area (Å²) in [5.74, 6) is -4.94. The molecule has 0 fully saturated rings. The summed E-state index contributed by atoms with van der Waals surface area (Å²) in [5.41, 5.74) is 2.25. The lowest BCUT2D eigenvalue weighted by Crippen LogP contribution is -2.30. The molecule has 1 aliphatic heterocycles. The summed E-state index contributed by atoms with van der Waals surface area (Å²) in [4.78, 5) is 51.3. The minimum absolute atomic E-state index is 0.00637. The van der Waals surface area contributed by atoms with E-state index >= 15 is 0 Å². The van der Waals surface area contributed by atoms with Crippen LogP contribution in [0.4, 0.5) is 20.2 Å². The Morgan fingerprint density at radius 2 is 1.62 bits per heavy atom. The van der Waals surface area contributed by atoms with Gasteiger partial charge >= 0.3 is 5.97 Å². The molecule has 0 unspecified atom stereocenters. The average molecular weight is 464 g/mol. The monoisotopic (exact) mass is 464 g/mol. The smallest absolute Gasteiger partial charge is 0.338 e. The third-order valence-electron chi connectivity index (χ3n) is 5.27. The third kappa shape index (κ3) is 4.27. The van der Waals surface area contributed by atoms with Gasteiger partial charge in [-0.1, -0.05) is 12.1 Å². The molecule has 0 aliphatic carbocycles. The number of carbonyl (C=O) groups excluding carboxylic acids is 4. The second-order valence-corrected chi connectivity index (χ2v) is 7.75. The van der Waals surface area contributed by atoms with E-state index in [-0.39, 0.29) is 22.4 Å². The van der Waals surface area contributed by atoms with E-state index in [2.05, 4.69) is 5.32 Å². The minimum atomic E-state index is -1.14. The Morgan fingerprint density at radius 1 is 0.882 bits per heavy atom. The molecule has 172 valence electrons. The second kappa shape index (κ2) is 8.86. The number of amides is 3. The molecule has 0 spiro atoms. The normalized spacial score (nSPS) is 12.5. The third-order valence-corrected chi connectivity index (χ3v) is 5.27. The SMILES string of the molecule is Cc1ccc(C)c(N2C(=O)c3ccc(C(=O)OCC(=O)Nc4ccc(F)c(F)c4)cc3C2=O)c1. The number of hydrogen-bond donors (Lipinski definition) is 1. The zero-order chi connectivity index (χ0) is 24.6. The molecule has 0 radical (unpaired) electrons. The number of nitrogens with zero attached hydrogens (tertiary/aromatic N) is 1. The topological polar surface area (TPSA) is 92.8 Å². The molecule has 9 heteroatoms. The molecule has 0 saturated heterocycles. The van der Waals surface area contributed by atoms with Crippen LogP contribution in [0.25, 0.3) is 0 Å². The molecule has 3 aromatic carbocycles. The predicted octanol–water partition coefficient (Wildman–Crippen LogP) is 4.18. The zero-order valence-corrected chi connectivity index (χ0v) is 18.1. The Balaban J connectivity index is 1.46. The van der Waals surface area contributed by atoms with Gasteiger partial charge in [0.2, 0.25) is 0 Å². The van der Waals surface area contributed by atoms with E-state index in [1.807, 2.05) is 19.1 Å². The quantitative estimate of drug-likeness (QED) is 0.452. The molecule has 1 N–H and O–H groups in total. The van der Waals surface area contributed by atoms with E-state index in [0.29, 0.717) is 5.69 Å². The molecule has 0 aromatic heterocycles. The fraction of sp³-hybridized carbons (Fsp3) is 0.120. The van der Waals surface area contributed by atoms with Gasteiger partial charge < -0.3 is 10.1 Å². The van der Waals surface area contributed by atoms with E-state index < -0.39 is 41.9 Å². The van der Waals surface area contributed by atoms with Crippen molar-refractivity contribution >= 4 is 35.1 Å². The summed E-state index contributed by atoms with van der Waals surface area (Å²) in [6.07, 6.45) is 0. The van der Waals surface area contributed by atoms with Gasteiger partial charge in [-0.25, -0.2) is 18.5 Å². The summed E-state index contributed by atoms with van der Waals surface area (Å²) in [5, 5.41) is 2.28. The predicted molar refractivity (Wildman–Crippen MR) is 119 cm³/mol. The Hall–Kier alpha value is -4.40. The van der Waals surface area contributed by atoms with Crippen molar-refractivity contribution in [2.75, 3.05) is 16.8 Å². The van der Waals surface area contributed by atoms with Gasteiger partial charge in [-0.2, -0.15) is 0 Å². The number of anilines is 2. The van der Waals surface area contributed by atoms with Crippen molar-refractivity contribution in [2.24, 2.45) is 0 Å². The number of benzene rings is 3. The Labute approximate surface area is 192 Å². The fourth-order valence-corrected chi connectivity index (χ4v) is 3.53. The number of nitrogens with one attached hydrogen (secondary N) is 1. The maximum Gasteiger partial charge on any atom is 0.338 e. The lowest BCUT2D eigenvalue weighted by molar-refractivity contribution is -0.119. The van der Waals surface area contributed by atoms with E-state index in [0.717, 1.165) is 34.2 Å². The van der Waals surface area contributed by atoms with Gasteiger partial charge in [0.05, 0.1) is 22.4 Å². The first-order chi connectivity index (χ1) is 16.2. The van der Waals surface area contributed by atoms with E-state index in [1.165, 1.54) is 18.2 Å². The molecule has 1 aliphatic rings. The molecule has 34 heavy (non-hydrogen) atoms. The van der Waals surface area contributed by atoms with Gasteiger partial charge in [-0.3, -0.25) is 14.4 Å². The number of imide groups is 1. The van der Waals surface area contributed by atoms with Crippen LogP contribution in [0.5, 0.6) is 0 Å². The van der Waals surface area contributed by atoms with Gasteiger partial charge in [-0.05, 0) is 61.4 Å². The van der Waals surface area contributed by atoms with Crippen molar-refractivity contribution in [3.8, 4) is 0 Å². The molecule has 3 aromatic rings. The van der Waals surface area contributed by atoms with Crippen molar-refractivity contribution in [1.82, 2.24) is 0 Å². The molecule has 1 heterocycles. The number of carbonyl (C=O) groups is 4. The highest BCUT2D eigenvalue weighted by atomic mass is 19.2. The highest BCUT2D eigenvalue weighted by Crippen LogP contribution is 2.32. The number of halogens is 2. The number of ether oxygens (including phenoxy) is 1. The highest BCUT2D eigenvalue weighted by molar-refractivity contribution is 6.35. The first-order valence-corrected chi connectivity index (χ1v) is 10.2. The van der Waals surface area contributed by atoms with Crippen LogP contribution >= 0.6 is 0 Å². The summed E-state index contributed by atoms with van der Waals surface area (Å²) < 4.78 is 31.2. The van der Waals surface area contributed by atoms with Crippen molar-refractivity contribution < 1.29 is 32.7 Å². The summed E-state index contributed by atoms with van der Waals surface area (Å²) in [7, 11) is 0. The fourth-order valence-electron chi connectivity index (χ4n) is 3.53. The maximum atomic E-state index is 13.2. The van der Waals surface area contributed by atoms with Crippen molar-refractivity contribution in [3.05, 3.63) is 94.0 Å². The number of aryl methyl sites for hydroxylation is 2. The van der Waals surface area contributed by atoms with Crippen LogP contribution in [0.3, 0.4) is 0 Å². The average Bonchev–Trinajstić information content (AvgIpc) is 3.05. The molecule has 7 nitrogen and oxygen atoms in total. The van der Waals surface area contributed by atoms with Crippen LogP contribution < -0.4 is 10.2 Å². The standard InChI is InChI=1S/C25H18F2N2O5/c1-13-3-4-14(2)21(9-13)29-23(31)17-7-5-15(10-18(17)24(29)32)25(33)34-12-22(30)28-16-6-8-19(26)20(27)11-16/h3-11H,12H2,1-2H3,(H,28,30). The molecule has 0 saturated carbocycles. The summed E-state index contributed by atoms with van der Waals surface area (Å²) in [6.45, 7) is 2.93. The first-order valence-electron chi connectivity index (χ1n) is 10.2. The van der Waals surface area contributed by atoms with Gasteiger partial charge in [0.25, 0.3) is 17.7 Å². The maximum absolute atomic E-state index is 13.2. The van der Waals surface area contributed by atoms with E-state index in [9.17, 15) is 28.0 Å². The minimum Gasteiger partial charge on any atom is -0.452 e. The Morgan fingerprint density at radius 3 is 2.35 bits per heavy atom. The van der Waals surface area contributed by atoms with Crippen LogP contribution in [-0.2, 0) is 9.53 Å². The lowest BCUT2D eigenvalue weighted by Gasteiger charge is -2.17. The molecular weight excluding hydrogens is 446 g/mol. The molecule has 0 bridgehead atoms. The van der Waals surface area contributed by atoms with Crippen LogP contribution in [0, 0.1) is 25.5 Å². The van der Waals surface area contributed by atoms with Gasteiger partial charge in [0.15, 0.2) is 18.2 Å². The first kappa shape index (κ1) is 22.8. The molecule has 0 atom stereocenters. The van der Waals surface area contributed by atoms with Gasteiger partial charge in [0.1, 0.15) is 0 Å². The highest BCUT2D eigenvalue weighted by Gasteiger charge is 2.38. The molecular formula is C25H18F2N2O5. The number of rotatable bonds is 5.